The summed E-state index contributed by atoms with van der Waals surface area (Å²) in [6, 6.07) is 9.90. The first-order valence-electron chi connectivity index (χ1n) is 7.22. The fourth-order valence-electron chi connectivity index (χ4n) is 2.88. The molecule has 0 saturated carbocycles. The van der Waals surface area contributed by atoms with Crippen LogP contribution in [0.4, 0.5) is 5.69 Å². The van der Waals surface area contributed by atoms with E-state index in [4.69, 9.17) is 0 Å². The number of nitrogens with zero attached hydrogens (tertiary/aromatic N) is 3. The molecule has 1 aliphatic heterocycles. The van der Waals surface area contributed by atoms with Crippen LogP contribution >= 0.6 is 0 Å². The molecule has 2 heterocycles. The van der Waals surface area contributed by atoms with Crippen LogP contribution in [0.25, 0.3) is 0 Å². The lowest BCUT2D eigenvalue weighted by Gasteiger charge is -2.15. The number of nitrogens with one attached hydrogen (secondary N) is 1. The zero-order valence-electron chi connectivity index (χ0n) is 12.2. The first kappa shape index (κ1) is 13.2. The average molecular weight is 270 g/mol. The summed E-state index contributed by atoms with van der Waals surface area (Å²) in [5.74, 6) is 0. The van der Waals surface area contributed by atoms with E-state index in [-0.39, 0.29) is 0 Å². The Morgan fingerprint density at radius 2 is 2.30 bits per heavy atom. The molecule has 1 saturated heterocycles. The average Bonchev–Trinajstić information content (AvgIpc) is 3.01. The van der Waals surface area contributed by atoms with E-state index >= 15 is 0 Å². The second kappa shape index (κ2) is 5.67. The van der Waals surface area contributed by atoms with Gasteiger partial charge < -0.3 is 14.8 Å². The molecule has 4 heteroatoms. The summed E-state index contributed by atoms with van der Waals surface area (Å²) in [5.41, 5.74) is 2.52. The van der Waals surface area contributed by atoms with E-state index in [1.54, 1.807) is 0 Å². The fraction of sp³-hybridized carbons (Fsp3) is 0.438. The molecule has 0 aliphatic carbocycles. The van der Waals surface area contributed by atoms with Crippen LogP contribution < -0.4 is 5.32 Å². The number of hydrogen-bond donors (Lipinski definition) is 1. The highest BCUT2D eigenvalue weighted by Crippen LogP contribution is 2.20. The molecule has 20 heavy (non-hydrogen) atoms. The summed E-state index contributed by atoms with van der Waals surface area (Å²) >= 11 is 0. The Kier molecular flexibility index (Phi) is 3.74. The molecular weight excluding hydrogens is 248 g/mol. The van der Waals surface area contributed by atoms with Gasteiger partial charge in [0.1, 0.15) is 0 Å². The smallest absolute Gasteiger partial charge is 0.0949 e. The van der Waals surface area contributed by atoms with Gasteiger partial charge in [-0.25, -0.2) is 4.98 Å². The molecule has 0 radical (unpaired) electrons. The maximum atomic E-state index is 4.08. The Labute approximate surface area is 120 Å². The lowest BCUT2D eigenvalue weighted by atomic mass is 10.1. The molecule has 1 aromatic carbocycles. The van der Waals surface area contributed by atoms with Crippen molar-refractivity contribution in [3.63, 3.8) is 0 Å². The molecule has 106 valence electrons. The third kappa shape index (κ3) is 3.02. The summed E-state index contributed by atoms with van der Waals surface area (Å²) < 4.78 is 2.09. The summed E-state index contributed by atoms with van der Waals surface area (Å²) in [4.78, 5) is 6.49. The minimum atomic E-state index is 0.554. The molecule has 1 fully saturated rings. The lowest BCUT2D eigenvalue weighted by molar-refractivity contribution is 0.330. The predicted molar refractivity (Wildman–Crippen MR) is 81.9 cm³/mol. The van der Waals surface area contributed by atoms with Gasteiger partial charge in [0.05, 0.1) is 6.33 Å². The second-order valence-electron chi connectivity index (χ2n) is 5.80. The molecule has 0 spiro atoms. The number of anilines is 1. The van der Waals surface area contributed by atoms with Crippen molar-refractivity contribution < 1.29 is 0 Å². The SMILES string of the molecule is CC1CC(Nc2cccc(Cn3ccnc3)c2)CN1C. The third-order valence-corrected chi connectivity index (χ3v) is 4.11. The number of likely N-dealkylation sites (tertiary alicyclic amines) is 1. The lowest BCUT2D eigenvalue weighted by Crippen LogP contribution is -2.24. The zero-order chi connectivity index (χ0) is 13.9. The Bertz CT molecular complexity index is 539. The molecule has 1 N–H and O–H groups in total. The van der Waals surface area contributed by atoms with Crippen LogP contribution in [-0.4, -0.2) is 40.1 Å². The standard InChI is InChI=1S/C16H22N4/c1-13-8-16(11-19(13)2)18-15-5-3-4-14(9-15)10-20-7-6-17-12-20/h3-7,9,12-13,16,18H,8,10-11H2,1-2H3. The van der Waals surface area contributed by atoms with Crippen LogP contribution in [0.15, 0.2) is 43.0 Å². The van der Waals surface area contributed by atoms with Crippen molar-refractivity contribution in [2.24, 2.45) is 0 Å². The van der Waals surface area contributed by atoms with Crippen molar-refractivity contribution in [1.29, 1.82) is 0 Å². The number of rotatable bonds is 4. The fourth-order valence-corrected chi connectivity index (χ4v) is 2.88. The van der Waals surface area contributed by atoms with Gasteiger partial charge in [-0.1, -0.05) is 12.1 Å². The Hall–Kier alpha value is -1.81. The first-order chi connectivity index (χ1) is 9.70. The van der Waals surface area contributed by atoms with Gasteiger partial charge in [0.15, 0.2) is 0 Å². The summed E-state index contributed by atoms with van der Waals surface area (Å²) in [7, 11) is 2.20. The zero-order valence-corrected chi connectivity index (χ0v) is 12.2. The molecular formula is C16H22N4. The van der Waals surface area contributed by atoms with Gasteiger partial charge >= 0.3 is 0 Å². The number of likely N-dealkylation sites (N-methyl/N-ethyl adjacent to an activating group) is 1. The van der Waals surface area contributed by atoms with Gasteiger partial charge in [-0.3, -0.25) is 0 Å². The molecule has 1 aromatic heterocycles. The second-order valence-corrected chi connectivity index (χ2v) is 5.80. The van der Waals surface area contributed by atoms with Crippen molar-refractivity contribution >= 4 is 5.69 Å². The van der Waals surface area contributed by atoms with Gasteiger partial charge in [-0.05, 0) is 38.1 Å². The third-order valence-electron chi connectivity index (χ3n) is 4.11. The predicted octanol–water partition coefficient (Wildman–Crippen LogP) is 2.44. The normalized spacial score (nSPS) is 23.1. The van der Waals surface area contributed by atoms with Crippen molar-refractivity contribution in [3.8, 4) is 0 Å². The summed E-state index contributed by atoms with van der Waals surface area (Å²) in [6.45, 7) is 4.28. The minimum absolute atomic E-state index is 0.554. The monoisotopic (exact) mass is 270 g/mol. The van der Waals surface area contributed by atoms with Crippen LogP contribution in [0, 0.1) is 0 Å². The molecule has 2 atom stereocenters. The van der Waals surface area contributed by atoms with Crippen molar-refractivity contribution in [2.75, 3.05) is 18.9 Å². The minimum Gasteiger partial charge on any atom is -0.381 e. The molecule has 1 aliphatic rings. The van der Waals surface area contributed by atoms with E-state index < -0.39 is 0 Å². The highest BCUT2D eigenvalue weighted by Gasteiger charge is 2.25. The van der Waals surface area contributed by atoms with Gasteiger partial charge in [0.2, 0.25) is 0 Å². The summed E-state index contributed by atoms with van der Waals surface area (Å²) in [6.07, 6.45) is 6.88. The molecule has 4 nitrogen and oxygen atoms in total. The molecule has 0 bridgehead atoms. The van der Waals surface area contributed by atoms with E-state index in [9.17, 15) is 0 Å². The van der Waals surface area contributed by atoms with E-state index in [1.165, 1.54) is 17.7 Å². The quantitative estimate of drug-likeness (QED) is 0.926. The highest BCUT2D eigenvalue weighted by molar-refractivity contribution is 5.47. The van der Waals surface area contributed by atoms with Gasteiger partial charge in [0, 0.05) is 43.3 Å². The molecule has 2 unspecified atom stereocenters. The van der Waals surface area contributed by atoms with Crippen molar-refractivity contribution in [1.82, 2.24) is 14.5 Å². The Morgan fingerprint density at radius 3 is 3.00 bits per heavy atom. The maximum absolute atomic E-state index is 4.08. The Balaban J connectivity index is 1.65. The van der Waals surface area contributed by atoms with Crippen LogP contribution in [-0.2, 0) is 6.54 Å². The van der Waals surface area contributed by atoms with Crippen LogP contribution in [0.2, 0.25) is 0 Å². The van der Waals surface area contributed by atoms with Crippen LogP contribution in [0.1, 0.15) is 18.9 Å². The largest absolute Gasteiger partial charge is 0.381 e. The van der Waals surface area contributed by atoms with Gasteiger partial charge in [0.25, 0.3) is 0 Å². The van der Waals surface area contributed by atoms with E-state index in [2.05, 4.69) is 58.0 Å². The van der Waals surface area contributed by atoms with Crippen LogP contribution in [0.5, 0.6) is 0 Å². The topological polar surface area (TPSA) is 33.1 Å². The van der Waals surface area contributed by atoms with E-state index in [0.717, 1.165) is 13.1 Å². The number of imidazole rings is 1. The summed E-state index contributed by atoms with van der Waals surface area (Å²) in [5, 5.41) is 3.66. The van der Waals surface area contributed by atoms with E-state index in [1.807, 2.05) is 18.7 Å². The number of benzene rings is 1. The molecule has 2 aromatic rings. The van der Waals surface area contributed by atoms with Gasteiger partial charge in [-0.15, -0.1) is 0 Å². The number of hydrogen-bond acceptors (Lipinski definition) is 3. The van der Waals surface area contributed by atoms with Crippen molar-refractivity contribution in [3.05, 3.63) is 48.5 Å². The van der Waals surface area contributed by atoms with E-state index in [0.29, 0.717) is 12.1 Å². The first-order valence-corrected chi connectivity index (χ1v) is 7.22. The molecule has 0 amide bonds. The molecule has 3 rings (SSSR count). The van der Waals surface area contributed by atoms with Crippen LogP contribution in [0.3, 0.4) is 0 Å². The number of aromatic nitrogens is 2. The van der Waals surface area contributed by atoms with Gasteiger partial charge in [-0.2, -0.15) is 0 Å². The Morgan fingerprint density at radius 1 is 1.40 bits per heavy atom. The highest BCUT2D eigenvalue weighted by atomic mass is 15.2. The van der Waals surface area contributed by atoms with Crippen molar-refractivity contribution in [2.45, 2.75) is 32.0 Å². The maximum Gasteiger partial charge on any atom is 0.0949 e.